The van der Waals surface area contributed by atoms with E-state index in [0.29, 0.717) is 6.54 Å². The molecule has 138 valence electrons. The summed E-state index contributed by atoms with van der Waals surface area (Å²) in [4.78, 5) is 17.7. The monoisotopic (exact) mass is 382 g/mol. The van der Waals surface area contributed by atoms with Gasteiger partial charge >= 0.3 is 0 Å². The van der Waals surface area contributed by atoms with Crippen LogP contribution in [0, 0.1) is 6.92 Å². The minimum Gasteiger partial charge on any atom is -0.326 e. The van der Waals surface area contributed by atoms with Crippen LogP contribution in [0.4, 0.5) is 11.5 Å². The molecule has 0 spiro atoms. The van der Waals surface area contributed by atoms with Crippen molar-refractivity contribution in [1.29, 1.82) is 0 Å². The highest BCUT2D eigenvalue weighted by Crippen LogP contribution is 2.27. The SMILES string of the molecule is CC(=O)Nc1ccc(SC2=CN(Nc3cc(C)[nH]n3)CC3=CN=C[NH+]32)cc1. The number of nitrogens with zero attached hydrogens (tertiary/aromatic N) is 3. The molecule has 1 amide bonds. The number of hydrogen-bond donors (Lipinski definition) is 4. The van der Waals surface area contributed by atoms with E-state index in [1.54, 1.807) is 11.8 Å². The summed E-state index contributed by atoms with van der Waals surface area (Å²) in [6.45, 7) is 4.18. The van der Waals surface area contributed by atoms with Crippen molar-refractivity contribution in [3.05, 3.63) is 59.2 Å². The van der Waals surface area contributed by atoms with Gasteiger partial charge in [-0.15, -0.1) is 0 Å². The van der Waals surface area contributed by atoms with Gasteiger partial charge in [-0.25, -0.2) is 9.89 Å². The van der Waals surface area contributed by atoms with E-state index in [0.717, 1.165) is 37.7 Å². The van der Waals surface area contributed by atoms with E-state index in [1.807, 2.05) is 54.8 Å². The lowest BCUT2D eigenvalue weighted by molar-refractivity contribution is -0.700. The predicted molar refractivity (Wildman–Crippen MR) is 106 cm³/mol. The van der Waals surface area contributed by atoms with Gasteiger partial charge in [0.2, 0.25) is 5.91 Å². The molecule has 3 heterocycles. The number of H-pyrrole nitrogens is 1. The smallest absolute Gasteiger partial charge is 0.221 e. The molecule has 27 heavy (non-hydrogen) atoms. The number of quaternary nitrogens is 1. The summed E-state index contributed by atoms with van der Waals surface area (Å²) in [5.74, 6) is 0.698. The second-order valence-corrected chi connectivity index (χ2v) is 7.44. The molecule has 0 saturated heterocycles. The van der Waals surface area contributed by atoms with Crippen molar-refractivity contribution < 1.29 is 9.69 Å². The summed E-state index contributed by atoms with van der Waals surface area (Å²) in [6.07, 6.45) is 5.86. The molecule has 0 radical (unpaired) electrons. The summed E-state index contributed by atoms with van der Waals surface area (Å²) in [6, 6.07) is 9.76. The highest BCUT2D eigenvalue weighted by molar-refractivity contribution is 8.02. The van der Waals surface area contributed by atoms with Gasteiger partial charge in [0.1, 0.15) is 6.54 Å². The zero-order valence-corrected chi connectivity index (χ0v) is 15.8. The number of aliphatic imine (C=N–C) groups is 1. The molecule has 0 fully saturated rings. The zero-order valence-electron chi connectivity index (χ0n) is 15.0. The number of fused-ring (bicyclic) bond motifs is 1. The molecule has 8 nitrogen and oxygen atoms in total. The summed E-state index contributed by atoms with van der Waals surface area (Å²) in [5.41, 5.74) is 6.26. The first-order valence-corrected chi connectivity index (χ1v) is 9.31. The largest absolute Gasteiger partial charge is 0.326 e. The Labute approximate surface area is 161 Å². The number of aromatic nitrogens is 2. The molecule has 4 rings (SSSR count). The van der Waals surface area contributed by atoms with Crippen LogP contribution >= 0.6 is 11.8 Å². The van der Waals surface area contributed by atoms with Crippen LogP contribution in [0.25, 0.3) is 0 Å². The molecule has 1 unspecified atom stereocenters. The minimum atomic E-state index is -0.0757. The normalized spacial score (nSPS) is 18.0. The van der Waals surface area contributed by atoms with Gasteiger partial charge in [-0.1, -0.05) is 0 Å². The summed E-state index contributed by atoms with van der Waals surface area (Å²) in [5, 5.41) is 13.1. The number of anilines is 2. The van der Waals surface area contributed by atoms with Gasteiger partial charge in [-0.3, -0.25) is 20.3 Å². The first-order valence-electron chi connectivity index (χ1n) is 8.49. The topological polar surface area (TPSA) is 89.9 Å². The van der Waals surface area contributed by atoms with E-state index in [-0.39, 0.29) is 5.91 Å². The molecule has 2 aliphatic heterocycles. The molecular formula is C18H20N7OS+. The highest BCUT2D eigenvalue weighted by atomic mass is 32.2. The number of carbonyl (C=O) groups excluding carboxylic acids is 1. The van der Waals surface area contributed by atoms with Crippen LogP contribution < -0.4 is 15.6 Å². The fourth-order valence-corrected chi connectivity index (χ4v) is 3.85. The lowest BCUT2D eigenvalue weighted by Gasteiger charge is -2.28. The van der Waals surface area contributed by atoms with E-state index in [4.69, 9.17) is 0 Å². The standard InChI is InChI=1S/C18H19N7OS/c1-12-7-17(22-21-12)23-24-9-15-8-19-11-25(15)18(10-24)27-16-5-3-14(4-6-16)20-13(2)26/h3-8,10-11H,9H2,1-2H3,(H,20,26)(H2,21,22,23)/p+1. The maximum atomic E-state index is 11.2. The number of thioether (sulfide) groups is 1. The third-order valence-corrected chi connectivity index (χ3v) is 5.08. The number of amides is 1. The van der Waals surface area contributed by atoms with E-state index in [2.05, 4.69) is 32.1 Å². The van der Waals surface area contributed by atoms with Gasteiger partial charge in [-0.05, 0) is 43.0 Å². The van der Waals surface area contributed by atoms with Crippen molar-refractivity contribution in [3.63, 3.8) is 0 Å². The number of aryl methyl sites for hydroxylation is 1. The van der Waals surface area contributed by atoms with Gasteiger partial charge in [0.05, 0.1) is 12.4 Å². The number of hydrazine groups is 1. The average Bonchev–Trinajstić information content (AvgIpc) is 3.25. The molecule has 2 aliphatic rings. The van der Waals surface area contributed by atoms with Crippen LogP contribution in [0.1, 0.15) is 12.6 Å². The molecule has 2 aromatic rings. The van der Waals surface area contributed by atoms with E-state index in [1.165, 1.54) is 6.92 Å². The van der Waals surface area contributed by atoms with Crippen LogP contribution in [0.15, 0.2) is 63.3 Å². The Morgan fingerprint density at radius 3 is 2.85 bits per heavy atom. The summed E-state index contributed by atoms with van der Waals surface area (Å²) in [7, 11) is 0. The highest BCUT2D eigenvalue weighted by Gasteiger charge is 2.31. The lowest BCUT2D eigenvalue weighted by Crippen LogP contribution is -3.07. The minimum absolute atomic E-state index is 0.0757. The molecular weight excluding hydrogens is 362 g/mol. The second kappa shape index (κ2) is 7.29. The first-order chi connectivity index (χ1) is 13.1. The van der Waals surface area contributed by atoms with Gasteiger partial charge in [0, 0.05) is 29.3 Å². The number of rotatable bonds is 5. The van der Waals surface area contributed by atoms with Crippen molar-refractivity contribution >= 4 is 35.5 Å². The van der Waals surface area contributed by atoms with E-state index in [9.17, 15) is 4.79 Å². The van der Waals surface area contributed by atoms with Crippen molar-refractivity contribution in [2.75, 3.05) is 17.3 Å². The molecule has 9 heteroatoms. The van der Waals surface area contributed by atoms with Crippen LogP contribution in [-0.4, -0.2) is 34.0 Å². The maximum absolute atomic E-state index is 11.2. The molecule has 0 saturated carbocycles. The molecule has 4 N–H and O–H groups in total. The maximum Gasteiger partial charge on any atom is 0.221 e. The van der Waals surface area contributed by atoms with Crippen molar-refractivity contribution in [2.45, 2.75) is 18.7 Å². The van der Waals surface area contributed by atoms with Crippen LogP contribution in [-0.2, 0) is 4.79 Å². The Balaban J connectivity index is 1.52. The molecule has 1 aromatic carbocycles. The Kier molecular flexibility index (Phi) is 4.69. The fraction of sp³-hybridized carbons (Fsp3) is 0.167. The zero-order chi connectivity index (χ0) is 18.8. The van der Waals surface area contributed by atoms with E-state index < -0.39 is 0 Å². The van der Waals surface area contributed by atoms with Crippen molar-refractivity contribution in [1.82, 2.24) is 15.2 Å². The van der Waals surface area contributed by atoms with Crippen LogP contribution in [0.5, 0.6) is 0 Å². The Morgan fingerprint density at radius 1 is 1.33 bits per heavy atom. The molecule has 1 atom stereocenters. The van der Waals surface area contributed by atoms with E-state index >= 15 is 0 Å². The predicted octanol–water partition coefficient (Wildman–Crippen LogP) is 1.68. The molecule has 0 bridgehead atoms. The lowest BCUT2D eigenvalue weighted by atomic mass is 10.3. The fourth-order valence-electron chi connectivity index (χ4n) is 2.85. The van der Waals surface area contributed by atoms with Gasteiger partial charge in [0.25, 0.3) is 0 Å². The quantitative estimate of drug-likeness (QED) is 0.632. The van der Waals surface area contributed by atoms with Crippen molar-refractivity contribution in [2.24, 2.45) is 4.99 Å². The molecule has 1 aromatic heterocycles. The molecule has 0 aliphatic carbocycles. The number of benzene rings is 1. The number of aromatic amines is 1. The third kappa shape index (κ3) is 4.04. The van der Waals surface area contributed by atoms with Crippen LogP contribution in [0.3, 0.4) is 0 Å². The Hall–Kier alpha value is -3.04. The summed E-state index contributed by atoms with van der Waals surface area (Å²) < 4.78 is 0. The van der Waals surface area contributed by atoms with Crippen molar-refractivity contribution in [3.8, 4) is 0 Å². The number of nitrogens with one attached hydrogen (secondary N) is 4. The second-order valence-electron chi connectivity index (χ2n) is 6.32. The summed E-state index contributed by atoms with van der Waals surface area (Å²) >= 11 is 1.66. The van der Waals surface area contributed by atoms with Gasteiger partial charge in [-0.2, -0.15) is 5.10 Å². The van der Waals surface area contributed by atoms with Gasteiger partial charge < -0.3 is 5.32 Å². The Morgan fingerprint density at radius 2 is 2.15 bits per heavy atom. The number of hydrogen-bond acceptors (Lipinski definition) is 6. The third-order valence-electron chi connectivity index (χ3n) is 4.03. The Bertz CT molecular complexity index is 945. The average molecular weight is 382 g/mol. The first kappa shape index (κ1) is 17.4. The van der Waals surface area contributed by atoms with Gasteiger partial charge in [0.15, 0.2) is 22.9 Å². The number of carbonyl (C=O) groups is 1. The van der Waals surface area contributed by atoms with Crippen LogP contribution in [0.2, 0.25) is 0 Å².